The molecule has 3 aromatic heterocycles. The van der Waals surface area contributed by atoms with E-state index >= 15 is 0 Å². The molecule has 0 unspecified atom stereocenters. The number of hydrogen-bond donors (Lipinski definition) is 1. The van der Waals surface area contributed by atoms with Gasteiger partial charge < -0.3 is 9.73 Å². The summed E-state index contributed by atoms with van der Waals surface area (Å²) in [5, 5.41) is 6.38. The molecule has 0 bridgehead atoms. The molecule has 6 heteroatoms. The van der Waals surface area contributed by atoms with Gasteiger partial charge >= 0.3 is 0 Å². The zero-order valence-corrected chi connectivity index (χ0v) is 14.5. The zero-order chi connectivity index (χ0) is 17.1. The van der Waals surface area contributed by atoms with Crippen LogP contribution in [0.4, 0.5) is 5.69 Å². The molecule has 0 atom stereocenters. The van der Waals surface area contributed by atoms with E-state index in [2.05, 4.69) is 25.6 Å². The molecule has 0 aliphatic carbocycles. The van der Waals surface area contributed by atoms with Crippen molar-refractivity contribution in [1.29, 1.82) is 0 Å². The van der Waals surface area contributed by atoms with Crippen LogP contribution in [0.15, 0.2) is 64.7 Å². The maximum Gasteiger partial charge on any atom is 0.226 e. The van der Waals surface area contributed by atoms with Gasteiger partial charge in [0.05, 0.1) is 23.6 Å². The maximum atomic E-state index is 5.46. The van der Waals surface area contributed by atoms with Crippen LogP contribution < -0.4 is 5.32 Å². The normalized spacial score (nSPS) is 10.8. The van der Waals surface area contributed by atoms with Gasteiger partial charge in [-0.25, -0.2) is 9.97 Å². The summed E-state index contributed by atoms with van der Waals surface area (Å²) in [6.07, 6.45) is 3.44. The Bertz CT molecular complexity index is 978. The molecule has 1 aromatic carbocycles. The Morgan fingerprint density at radius 2 is 2.08 bits per heavy atom. The van der Waals surface area contributed by atoms with Crippen LogP contribution in [0, 0.1) is 6.92 Å². The minimum atomic E-state index is 0.632. The predicted molar refractivity (Wildman–Crippen MR) is 99.3 cm³/mol. The molecule has 4 rings (SSSR count). The first kappa shape index (κ1) is 15.5. The van der Waals surface area contributed by atoms with Gasteiger partial charge in [-0.1, -0.05) is 12.1 Å². The van der Waals surface area contributed by atoms with Crippen LogP contribution in [-0.4, -0.2) is 15.0 Å². The number of benzene rings is 1. The summed E-state index contributed by atoms with van der Waals surface area (Å²) in [5.41, 5.74) is 4.72. The molecule has 0 aliphatic heterocycles. The van der Waals surface area contributed by atoms with Crippen molar-refractivity contribution >= 4 is 17.0 Å². The van der Waals surface area contributed by atoms with Gasteiger partial charge in [-0.05, 0) is 37.3 Å². The first-order valence-electron chi connectivity index (χ1n) is 7.90. The average Bonchev–Trinajstić information content (AvgIpc) is 3.30. The number of pyridine rings is 1. The van der Waals surface area contributed by atoms with Crippen LogP contribution in [0.25, 0.3) is 22.2 Å². The Labute approximate surface area is 149 Å². The second-order valence-electron chi connectivity index (χ2n) is 5.59. The van der Waals surface area contributed by atoms with E-state index in [1.165, 1.54) is 0 Å². The molecule has 25 heavy (non-hydrogen) atoms. The largest absolute Gasteiger partial charge is 0.444 e. The van der Waals surface area contributed by atoms with E-state index in [0.717, 1.165) is 33.3 Å². The number of hydrogen-bond acceptors (Lipinski definition) is 6. The lowest BCUT2D eigenvalue weighted by atomic mass is 10.2. The van der Waals surface area contributed by atoms with Crippen molar-refractivity contribution in [2.24, 2.45) is 0 Å². The number of rotatable bonds is 5. The fraction of sp³-hybridized carbons (Fsp3) is 0.105. The van der Waals surface area contributed by atoms with Crippen molar-refractivity contribution in [3.8, 4) is 22.2 Å². The topological polar surface area (TPSA) is 63.8 Å². The Kier molecular flexibility index (Phi) is 4.26. The van der Waals surface area contributed by atoms with Crippen LogP contribution in [0.5, 0.6) is 0 Å². The smallest absolute Gasteiger partial charge is 0.226 e. The number of nitrogens with one attached hydrogen (secondary N) is 1. The Balaban J connectivity index is 1.46. The van der Waals surface area contributed by atoms with E-state index < -0.39 is 0 Å². The van der Waals surface area contributed by atoms with Crippen LogP contribution in [0.1, 0.15) is 11.4 Å². The van der Waals surface area contributed by atoms with Gasteiger partial charge in [-0.15, -0.1) is 11.3 Å². The van der Waals surface area contributed by atoms with Gasteiger partial charge in [0, 0.05) is 22.8 Å². The third-order valence-electron chi connectivity index (χ3n) is 3.64. The van der Waals surface area contributed by atoms with Crippen molar-refractivity contribution in [3.05, 3.63) is 71.7 Å². The molecule has 0 amide bonds. The first-order chi connectivity index (χ1) is 12.3. The van der Waals surface area contributed by atoms with Crippen LogP contribution in [-0.2, 0) is 6.54 Å². The van der Waals surface area contributed by atoms with Crippen molar-refractivity contribution in [3.63, 3.8) is 0 Å². The SMILES string of the molecule is Cc1coc(-c2cccc(NCc3csc(-c4ccccn4)n3)c2)n1. The number of aromatic nitrogens is 3. The minimum absolute atomic E-state index is 0.632. The van der Waals surface area contributed by atoms with E-state index in [-0.39, 0.29) is 0 Å². The fourth-order valence-electron chi connectivity index (χ4n) is 2.44. The number of anilines is 1. The summed E-state index contributed by atoms with van der Waals surface area (Å²) >= 11 is 1.60. The molecule has 124 valence electrons. The molecule has 0 saturated heterocycles. The molecule has 0 aliphatic rings. The van der Waals surface area contributed by atoms with Gasteiger partial charge in [0.25, 0.3) is 0 Å². The van der Waals surface area contributed by atoms with Crippen molar-refractivity contribution in [2.45, 2.75) is 13.5 Å². The highest BCUT2D eigenvalue weighted by molar-refractivity contribution is 7.13. The Hall–Kier alpha value is -2.99. The van der Waals surface area contributed by atoms with Gasteiger partial charge in [-0.3, -0.25) is 4.98 Å². The second kappa shape index (κ2) is 6.86. The number of thiazole rings is 1. The van der Waals surface area contributed by atoms with E-state index in [1.807, 2.05) is 49.4 Å². The highest BCUT2D eigenvalue weighted by Gasteiger charge is 2.07. The van der Waals surface area contributed by atoms with E-state index in [0.29, 0.717) is 12.4 Å². The summed E-state index contributed by atoms with van der Waals surface area (Å²) in [5.74, 6) is 0.632. The molecule has 0 radical (unpaired) electrons. The van der Waals surface area contributed by atoms with E-state index in [4.69, 9.17) is 4.42 Å². The lowest BCUT2D eigenvalue weighted by Crippen LogP contribution is -1.99. The highest BCUT2D eigenvalue weighted by Crippen LogP contribution is 2.24. The quantitative estimate of drug-likeness (QED) is 0.562. The van der Waals surface area contributed by atoms with Gasteiger partial charge in [0.1, 0.15) is 11.3 Å². The second-order valence-corrected chi connectivity index (χ2v) is 6.45. The van der Waals surface area contributed by atoms with Crippen molar-refractivity contribution in [2.75, 3.05) is 5.32 Å². The van der Waals surface area contributed by atoms with Crippen LogP contribution in [0.3, 0.4) is 0 Å². The molecule has 5 nitrogen and oxygen atoms in total. The summed E-state index contributed by atoms with van der Waals surface area (Å²) in [7, 11) is 0. The third-order valence-corrected chi connectivity index (χ3v) is 4.55. The lowest BCUT2D eigenvalue weighted by Gasteiger charge is -2.05. The van der Waals surface area contributed by atoms with E-state index in [9.17, 15) is 0 Å². The van der Waals surface area contributed by atoms with Gasteiger partial charge in [-0.2, -0.15) is 0 Å². The van der Waals surface area contributed by atoms with Crippen molar-refractivity contribution in [1.82, 2.24) is 15.0 Å². The monoisotopic (exact) mass is 348 g/mol. The lowest BCUT2D eigenvalue weighted by molar-refractivity contribution is 0.573. The maximum absolute atomic E-state index is 5.46. The van der Waals surface area contributed by atoms with Crippen LogP contribution in [0.2, 0.25) is 0 Å². The third kappa shape index (κ3) is 3.59. The van der Waals surface area contributed by atoms with Gasteiger partial charge in [0.15, 0.2) is 0 Å². The van der Waals surface area contributed by atoms with Crippen LogP contribution >= 0.6 is 11.3 Å². The summed E-state index contributed by atoms with van der Waals surface area (Å²) in [6, 6.07) is 13.9. The van der Waals surface area contributed by atoms with Crippen molar-refractivity contribution < 1.29 is 4.42 Å². The molecule has 3 heterocycles. The molecule has 0 saturated carbocycles. The summed E-state index contributed by atoms with van der Waals surface area (Å²) < 4.78 is 5.46. The molecular weight excluding hydrogens is 332 g/mol. The van der Waals surface area contributed by atoms with Gasteiger partial charge in [0.2, 0.25) is 5.89 Å². The number of nitrogens with zero attached hydrogens (tertiary/aromatic N) is 3. The summed E-state index contributed by atoms with van der Waals surface area (Å²) in [6.45, 7) is 2.56. The molecular formula is C19H16N4OS. The minimum Gasteiger partial charge on any atom is -0.444 e. The number of oxazole rings is 1. The zero-order valence-electron chi connectivity index (χ0n) is 13.6. The summed E-state index contributed by atoms with van der Waals surface area (Å²) in [4.78, 5) is 13.3. The average molecular weight is 348 g/mol. The predicted octanol–water partition coefficient (Wildman–Crippen LogP) is 4.78. The highest BCUT2D eigenvalue weighted by atomic mass is 32.1. The molecule has 0 spiro atoms. The molecule has 0 fully saturated rings. The first-order valence-corrected chi connectivity index (χ1v) is 8.78. The molecule has 1 N–H and O–H groups in total. The Morgan fingerprint density at radius 1 is 1.12 bits per heavy atom. The number of aryl methyl sites for hydroxylation is 1. The molecule has 4 aromatic rings. The standard InChI is InChI=1S/C19H16N4OS/c1-13-11-24-18(22-13)14-5-4-6-15(9-14)21-10-16-12-25-19(23-16)17-7-2-3-8-20-17/h2-9,11-12,21H,10H2,1H3. The van der Waals surface area contributed by atoms with E-state index in [1.54, 1.807) is 23.8 Å². The fourth-order valence-corrected chi connectivity index (χ4v) is 3.23. The Morgan fingerprint density at radius 3 is 2.88 bits per heavy atom.